The summed E-state index contributed by atoms with van der Waals surface area (Å²) in [7, 11) is 2.99. The molecule has 0 radical (unpaired) electrons. The first-order valence-corrected chi connectivity index (χ1v) is 8.38. The minimum Gasteiger partial charge on any atom is -0.497 e. The molecule has 132 valence electrons. The topological polar surface area (TPSA) is 59.6 Å². The van der Waals surface area contributed by atoms with E-state index in [2.05, 4.69) is 10.6 Å². The molecule has 0 spiro atoms. The molecule has 0 unspecified atom stereocenters. The fourth-order valence-corrected chi connectivity index (χ4v) is 2.68. The molecular weight excluding hydrogens is 407 g/mol. The lowest BCUT2D eigenvalue weighted by Gasteiger charge is -2.13. The Bertz CT molecular complexity index is 808. The van der Waals surface area contributed by atoms with Crippen LogP contribution in [0.1, 0.15) is 10.4 Å². The summed E-state index contributed by atoms with van der Waals surface area (Å²) in [4.78, 5) is 12.4. The number of thiocarbonyl (C=S) groups is 1. The summed E-state index contributed by atoms with van der Waals surface area (Å²) in [6.07, 6.45) is 0. The van der Waals surface area contributed by atoms with E-state index in [4.69, 9.17) is 56.5 Å². The van der Waals surface area contributed by atoms with Crippen molar-refractivity contribution in [1.29, 1.82) is 0 Å². The number of benzene rings is 2. The largest absolute Gasteiger partial charge is 0.497 e. The van der Waals surface area contributed by atoms with Gasteiger partial charge < -0.3 is 14.8 Å². The Hall–Kier alpha value is -1.73. The van der Waals surface area contributed by atoms with Crippen molar-refractivity contribution in [3.8, 4) is 11.5 Å². The second-order valence-electron chi connectivity index (χ2n) is 4.76. The smallest absolute Gasteiger partial charge is 0.257 e. The molecular formula is C16H13Cl3N2O3S. The van der Waals surface area contributed by atoms with Crippen LogP contribution in [0, 0.1) is 0 Å². The highest BCUT2D eigenvalue weighted by atomic mass is 35.5. The molecule has 5 nitrogen and oxygen atoms in total. The van der Waals surface area contributed by atoms with Crippen LogP contribution >= 0.6 is 47.0 Å². The van der Waals surface area contributed by atoms with Crippen LogP contribution in [0.25, 0.3) is 0 Å². The lowest BCUT2D eigenvalue weighted by atomic mass is 10.2. The molecule has 0 aliphatic heterocycles. The Labute approximate surface area is 165 Å². The second-order valence-corrected chi connectivity index (χ2v) is 6.39. The number of nitrogens with one attached hydrogen (secondary N) is 2. The monoisotopic (exact) mass is 418 g/mol. The fraction of sp³-hybridized carbons (Fsp3) is 0.125. The molecule has 0 heterocycles. The van der Waals surface area contributed by atoms with Gasteiger partial charge in [-0.25, -0.2) is 0 Å². The number of hydrogen-bond acceptors (Lipinski definition) is 4. The first-order chi connectivity index (χ1) is 11.8. The van der Waals surface area contributed by atoms with Gasteiger partial charge in [0, 0.05) is 11.6 Å². The lowest BCUT2D eigenvalue weighted by Crippen LogP contribution is -2.34. The normalized spacial score (nSPS) is 10.1. The maximum absolute atomic E-state index is 12.4. The number of anilines is 1. The highest BCUT2D eigenvalue weighted by Crippen LogP contribution is 2.32. The van der Waals surface area contributed by atoms with Gasteiger partial charge in [0.2, 0.25) is 0 Å². The van der Waals surface area contributed by atoms with Crippen LogP contribution in [-0.4, -0.2) is 25.2 Å². The molecule has 2 aromatic rings. The minimum absolute atomic E-state index is 0.0482. The van der Waals surface area contributed by atoms with Gasteiger partial charge in [0.25, 0.3) is 5.91 Å². The fourth-order valence-electron chi connectivity index (χ4n) is 1.89. The van der Waals surface area contributed by atoms with E-state index in [-0.39, 0.29) is 5.11 Å². The Balaban J connectivity index is 2.13. The molecule has 0 bridgehead atoms. The molecule has 25 heavy (non-hydrogen) atoms. The zero-order valence-corrected chi connectivity index (χ0v) is 16.2. The summed E-state index contributed by atoms with van der Waals surface area (Å²) in [5.74, 6) is 0.526. The van der Waals surface area contributed by atoms with E-state index >= 15 is 0 Å². The molecule has 0 saturated carbocycles. The molecule has 0 fully saturated rings. The van der Waals surface area contributed by atoms with Crippen LogP contribution in [0.15, 0.2) is 30.3 Å². The number of halogens is 3. The zero-order chi connectivity index (χ0) is 18.6. The first kappa shape index (κ1) is 19.6. The average molecular weight is 420 g/mol. The molecule has 0 atom stereocenters. The number of amides is 1. The Kier molecular flexibility index (Phi) is 6.72. The first-order valence-electron chi connectivity index (χ1n) is 6.84. The summed E-state index contributed by atoms with van der Waals surface area (Å²) in [6, 6.07) is 7.77. The van der Waals surface area contributed by atoms with Crippen LogP contribution in [0.2, 0.25) is 15.1 Å². The zero-order valence-electron chi connectivity index (χ0n) is 13.2. The maximum atomic E-state index is 12.4. The van der Waals surface area contributed by atoms with Crippen LogP contribution in [0.3, 0.4) is 0 Å². The third-order valence-electron chi connectivity index (χ3n) is 3.10. The standard InChI is InChI=1S/C16H13Cl3N2O3S/c1-23-9-3-8(4-10(5-9)24-2)15(22)21-16(25)20-14-7-12(18)11(17)6-13(14)19/h3-7H,1-2H3,(H2,20,21,22,25). The van der Waals surface area contributed by atoms with Crippen molar-refractivity contribution >= 4 is 63.7 Å². The minimum atomic E-state index is -0.439. The van der Waals surface area contributed by atoms with Crippen molar-refractivity contribution in [3.63, 3.8) is 0 Å². The number of ether oxygens (including phenoxy) is 2. The third kappa shape index (κ3) is 5.12. The van der Waals surface area contributed by atoms with Gasteiger partial charge in [-0.1, -0.05) is 34.8 Å². The number of hydrogen-bond donors (Lipinski definition) is 2. The van der Waals surface area contributed by atoms with Crippen molar-refractivity contribution in [3.05, 3.63) is 51.0 Å². The highest BCUT2D eigenvalue weighted by molar-refractivity contribution is 7.80. The number of carbonyl (C=O) groups is 1. The van der Waals surface area contributed by atoms with E-state index in [1.165, 1.54) is 26.4 Å². The van der Waals surface area contributed by atoms with Gasteiger partial charge in [0.15, 0.2) is 5.11 Å². The quantitative estimate of drug-likeness (QED) is 0.551. The van der Waals surface area contributed by atoms with E-state index in [9.17, 15) is 4.79 Å². The summed E-state index contributed by atoms with van der Waals surface area (Å²) in [6.45, 7) is 0. The number of rotatable bonds is 4. The summed E-state index contributed by atoms with van der Waals surface area (Å²) in [5, 5.41) is 6.33. The van der Waals surface area contributed by atoms with Gasteiger partial charge in [0.1, 0.15) is 11.5 Å². The van der Waals surface area contributed by atoms with Crippen molar-refractivity contribution < 1.29 is 14.3 Å². The summed E-state index contributed by atoms with van der Waals surface area (Å²) >= 11 is 23.0. The molecule has 2 rings (SSSR count). The van der Waals surface area contributed by atoms with Crippen LogP contribution in [0.5, 0.6) is 11.5 Å². The third-order valence-corrected chi connectivity index (χ3v) is 4.34. The van der Waals surface area contributed by atoms with Crippen LogP contribution in [0.4, 0.5) is 5.69 Å². The predicted octanol–water partition coefficient (Wildman–Crippen LogP) is 4.79. The highest BCUT2D eigenvalue weighted by Gasteiger charge is 2.13. The van der Waals surface area contributed by atoms with Crippen molar-refractivity contribution in [2.24, 2.45) is 0 Å². The van der Waals surface area contributed by atoms with Crippen LogP contribution in [-0.2, 0) is 0 Å². The predicted molar refractivity (Wildman–Crippen MR) is 105 cm³/mol. The van der Waals surface area contributed by atoms with Gasteiger partial charge in [0.05, 0.1) is 35.0 Å². The molecule has 0 saturated heterocycles. The van der Waals surface area contributed by atoms with Gasteiger partial charge in [-0.15, -0.1) is 0 Å². The van der Waals surface area contributed by atoms with Gasteiger partial charge in [-0.3, -0.25) is 10.1 Å². The van der Waals surface area contributed by atoms with E-state index in [1.807, 2.05) is 0 Å². The van der Waals surface area contributed by atoms with E-state index in [0.29, 0.717) is 37.8 Å². The van der Waals surface area contributed by atoms with Crippen molar-refractivity contribution in [2.75, 3.05) is 19.5 Å². The molecule has 2 N–H and O–H groups in total. The van der Waals surface area contributed by atoms with Crippen molar-refractivity contribution in [1.82, 2.24) is 5.32 Å². The Morgan fingerprint density at radius 3 is 2.04 bits per heavy atom. The van der Waals surface area contributed by atoms with E-state index in [1.54, 1.807) is 18.2 Å². The van der Waals surface area contributed by atoms with Crippen LogP contribution < -0.4 is 20.1 Å². The number of methoxy groups -OCH3 is 2. The van der Waals surface area contributed by atoms with E-state index < -0.39 is 5.91 Å². The summed E-state index contributed by atoms with van der Waals surface area (Å²) < 4.78 is 10.3. The molecule has 0 aliphatic rings. The molecule has 1 amide bonds. The molecule has 2 aromatic carbocycles. The molecule has 0 aromatic heterocycles. The summed E-state index contributed by atoms with van der Waals surface area (Å²) in [5.41, 5.74) is 0.741. The Morgan fingerprint density at radius 2 is 1.48 bits per heavy atom. The van der Waals surface area contributed by atoms with Crippen molar-refractivity contribution in [2.45, 2.75) is 0 Å². The molecule has 0 aliphatic carbocycles. The maximum Gasteiger partial charge on any atom is 0.257 e. The second kappa shape index (κ2) is 8.58. The van der Waals surface area contributed by atoms with Gasteiger partial charge >= 0.3 is 0 Å². The number of carbonyl (C=O) groups excluding carboxylic acids is 1. The van der Waals surface area contributed by atoms with Gasteiger partial charge in [-0.2, -0.15) is 0 Å². The SMILES string of the molecule is COc1cc(OC)cc(C(=O)NC(=S)Nc2cc(Cl)c(Cl)cc2Cl)c1. The van der Waals surface area contributed by atoms with E-state index in [0.717, 1.165) is 0 Å². The Morgan fingerprint density at radius 1 is 0.920 bits per heavy atom. The molecule has 9 heteroatoms. The lowest BCUT2D eigenvalue weighted by molar-refractivity contribution is 0.0977. The average Bonchev–Trinajstić information content (AvgIpc) is 2.58. The van der Waals surface area contributed by atoms with Gasteiger partial charge in [-0.05, 0) is 36.5 Å².